The predicted molar refractivity (Wildman–Crippen MR) is 64.5 cm³/mol. The van der Waals surface area contributed by atoms with Gasteiger partial charge >= 0.3 is 7.12 Å². The summed E-state index contributed by atoms with van der Waals surface area (Å²) in [6.45, 7) is 1.85. The molecular weight excluding hydrogens is 223 g/mol. The van der Waals surface area contributed by atoms with Gasteiger partial charge in [0.25, 0.3) is 0 Å². The lowest BCUT2D eigenvalue weighted by Crippen LogP contribution is -2.31. The fourth-order valence-corrected chi connectivity index (χ4v) is 1.28. The smallest absolute Gasteiger partial charge is 0.492 e. The summed E-state index contributed by atoms with van der Waals surface area (Å²) < 4.78 is 15.4. The first-order valence-electron chi connectivity index (χ1n) is 5.40. The Balaban J connectivity index is 2.31. The molecule has 0 amide bonds. The fourth-order valence-electron chi connectivity index (χ4n) is 1.28. The molecule has 0 atom stereocenters. The van der Waals surface area contributed by atoms with Crippen molar-refractivity contribution in [1.29, 1.82) is 0 Å². The van der Waals surface area contributed by atoms with Crippen LogP contribution in [-0.2, 0) is 9.47 Å². The van der Waals surface area contributed by atoms with Crippen molar-refractivity contribution in [3.05, 3.63) is 24.3 Å². The molecule has 1 rings (SSSR count). The van der Waals surface area contributed by atoms with Crippen molar-refractivity contribution in [3.63, 3.8) is 0 Å². The van der Waals surface area contributed by atoms with Crippen molar-refractivity contribution in [1.82, 2.24) is 0 Å². The highest BCUT2D eigenvalue weighted by atomic mass is 16.5. The molecule has 6 heteroatoms. The van der Waals surface area contributed by atoms with Crippen LogP contribution in [0.3, 0.4) is 0 Å². The molecule has 1 aromatic rings. The first-order chi connectivity index (χ1) is 8.25. The maximum absolute atomic E-state index is 9.10. The Morgan fingerprint density at radius 3 is 2.47 bits per heavy atom. The van der Waals surface area contributed by atoms with Crippen molar-refractivity contribution in [2.24, 2.45) is 0 Å². The Morgan fingerprint density at radius 2 is 1.76 bits per heavy atom. The molecule has 17 heavy (non-hydrogen) atoms. The Kier molecular flexibility index (Phi) is 6.65. The highest BCUT2D eigenvalue weighted by Gasteiger charge is 2.15. The standard InChI is InChI=1S/C11H17BO5/c1-15-6-7-16-8-9-17-11-5-3-2-4-10(11)12(13)14/h2-5,13-14H,6-9H2,1H3. The molecule has 0 aliphatic carbocycles. The summed E-state index contributed by atoms with van der Waals surface area (Å²) >= 11 is 0. The van der Waals surface area contributed by atoms with E-state index in [1.165, 1.54) is 0 Å². The first-order valence-corrected chi connectivity index (χ1v) is 5.40. The minimum absolute atomic E-state index is 0.351. The number of hydrogen-bond donors (Lipinski definition) is 2. The van der Waals surface area contributed by atoms with Gasteiger partial charge in [-0.3, -0.25) is 0 Å². The van der Waals surface area contributed by atoms with Gasteiger partial charge in [-0.25, -0.2) is 0 Å². The Bertz CT molecular complexity index is 318. The molecule has 94 valence electrons. The molecular formula is C11H17BO5. The highest BCUT2D eigenvalue weighted by Crippen LogP contribution is 2.06. The number of hydrogen-bond acceptors (Lipinski definition) is 5. The lowest BCUT2D eigenvalue weighted by Gasteiger charge is -2.10. The van der Waals surface area contributed by atoms with E-state index in [2.05, 4.69) is 0 Å². The third-order valence-corrected chi connectivity index (χ3v) is 2.11. The Morgan fingerprint density at radius 1 is 1.06 bits per heavy atom. The van der Waals surface area contributed by atoms with Crippen molar-refractivity contribution in [2.45, 2.75) is 0 Å². The van der Waals surface area contributed by atoms with Crippen LogP contribution in [0.1, 0.15) is 0 Å². The third-order valence-electron chi connectivity index (χ3n) is 2.11. The average molecular weight is 240 g/mol. The molecule has 0 aliphatic rings. The van der Waals surface area contributed by atoms with Gasteiger partial charge in [0.2, 0.25) is 0 Å². The van der Waals surface area contributed by atoms with Crippen LogP contribution in [0, 0.1) is 0 Å². The van der Waals surface area contributed by atoms with E-state index in [0.29, 0.717) is 37.6 Å². The van der Waals surface area contributed by atoms with Crippen LogP contribution in [0.25, 0.3) is 0 Å². The molecule has 0 unspecified atom stereocenters. The second-order valence-corrected chi connectivity index (χ2v) is 3.37. The minimum Gasteiger partial charge on any atom is -0.492 e. The maximum Gasteiger partial charge on any atom is 0.492 e. The summed E-state index contributed by atoms with van der Waals surface area (Å²) in [4.78, 5) is 0. The van der Waals surface area contributed by atoms with Gasteiger partial charge in [-0.2, -0.15) is 0 Å². The van der Waals surface area contributed by atoms with Crippen molar-refractivity contribution < 1.29 is 24.3 Å². The number of rotatable bonds is 8. The van der Waals surface area contributed by atoms with Gasteiger partial charge in [-0.05, 0) is 6.07 Å². The molecule has 0 aliphatic heterocycles. The van der Waals surface area contributed by atoms with E-state index in [4.69, 9.17) is 24.3 Å². The van der Waals surface area contributed by atoms with Gasteiger partial charge in [0.1, 0.15) is 12.4 Å². The fraction of sp³-hybridized carbons (Fsp3) is 0.455. The van der Waals surface area contributed by atoms with Crippen molar-refractivity contribution in [3.8, 4) is 5.75 Å². The maximum atomic E-state index is 9.10. The molecule has 0 radical (unpaired) electrons. The number of para-hydroxylation sites is 1. The number of benzene rings is 1. The number of ether oxygens (including phenoxy) is 3. The summed E-state index contributed by atoms with van der Waals surface area (Å²) in [5.41, 5.74) is 0.351. The number of methoxy groups -OCH3 is 1. The Hall–Kier alpha value is -1.08. The van der Waals surface area contributed by atoms with Crippen LogP contribution < -0.4 is 10.2 Å². The highest BCUT2D eigenvalue weighted by molar-refractivity contribution is 6.59. The van der Waals surface area contributed by atoms with E-state index < -0.39 is 7.12 Å². The van der Waals surface area contributed by atoms with Crippen LogP contribution in [0.15, 0.2) is 24.3 Å². The molecule has 0 heterocycles. The van der Waals surface area contributed by atoms with Crippen LogP contribution in [0.4, 0.5) is 0 Å². The SMILES string of the molecule is COCCOCCOc1ccccc1B(O)O. The lowest BCUT2D eigenvalue weighted by atomic mass is 9.79. The van der Waals surface area contributed by atoms with Crippen LogP contribution in [-0.4, -0.2) is 50.7 Å². The van der Waals surface area contributed by atoms with Gasteiger partial charge in [-0.1, -0.05) is 18.2 Å². The van der Waals surface area contributed by atoms with Crippen molar-refractivity contribution in [2.75, 3.05) is 33.5 Å². The zero-order chi connectivity index (χ0) is 12.5. The molecule has 5 nitrogen and oxygen atoms in total. The van der Waals surface area contributed by atoms with E-state index >= 15 is 0 Å². The van der Waals surface area contributed by atoms with E-state index in [1.807, 2.05) is 0 Å². The van der Waals surface area contributed by atoms with E-state index in [1.54, 1.807) is 31.4 Å². The first kappa shape index (κ1) is 14.0. The Labute approximate surface area is 101 Å². The molecule has 0 saturated carbocycles. The normalized spacial score (nSPS) is 10.3. The van der Waals surface area contributed by atoms with Gasteiger partial charge in [0.05, 0.1) is 19.8 Å². The minimum atomic E-state index is -1.53. The molecule has 0 aromatic heterocycles. The average Bonchev–Trinajstić information content (AvgIpc) is 2.34. The summed E-state index contributed by atoms with van der Waals surface area (Å²) in [7, 11) is 0.0827. The topological polar surface area (TPSA) is 68.2 Å². The summed E-state index contributed by atoms with van der Waals surface area (Å²) in [5, 5.41) is 18.2. The van der Waals surface area contributed by atoms with Crippen molar-refractivity contribution >= 4 is 12.6 Å². The lowest BCUT2D eigenvalue weighted by molar-refractivity contribution is 0.0545. The van der Waals surface area contributed by atoms with Gasteiger partial charge < -0.3 is 24.3 Å². The van der Waals surface area contributed by atoms with Crippen LogP contribution in [0.2, 0.25) is 0 Å². The van der Waals surface area contributed by atoms with E-state index in [0.717, 1.165) is 0 Å². The molecule has 0 saturated heterocycles. The molecule has 2 N–H and O–H groups in total. The van der Waals surface area contributed by atoms with E-state index in [9.17, 15) is 0 Å². The van der Waals surface area contributed by atoms with Crippen LogP contribution >= 0.6 is 0 Å². The zero-order valence-corrected chi connectivity index (χ0v) is 9.83. The van der Waals surface area contributed by atoms with Crippen LogP contribution in [0.5, 0.6) is 5.75 Å². The second kappa shape index (κ2) is 8.08. The monoisotopic (exact) mass is 240 g/mol. The molecule has 0 spiro atoms. The largest absolute Gasteiger partial charge is 0.492 e. The zero-order valence-electron chi connectivity index (χ0n) is 9.83. The van der Waals surface area contributed by atoms with Gasteiger partial charge in [0.15, 0.2) is 0 Å². The molecule has 0 fully saturated rings. The third kappa shape index (κ3) is 5.19. The second-order valence-electron chi connectivity index (χ2n) is 3.37. The van der Waals surface area contributed by atoms with E-state index in [-0.39, 0.29) is 0 Å². The predicted octanol–water partition coefficient (Wildman–Crippen LogP) is -0.592. The summed E-state index contributed by atoms with van der Waals surface area (Å²) in [5.74, 6) is 0.456. The summed E-state index contributed by atoms with van der Waals surface area (Å²) in [6, 6.07) is 6.78. The molecule has 1 aromatic carbocycles. The quantitative estimate of drug-likeness (QED) is 0.469. The molecule has 0 bridgehead atoms. The van der Waals surface area contributed by atoms with Gasteiger partial charge in [0, 0.05) is 12.6 Å². The summed E-state index contributed by atoms with van der Waals surface area (Å²) in [6.07, 6.45) is 0. The van der Waals surface area contributed by atoms with Gasteiger partial charge in [-0.15, -0.1) is 0 Å².